The molecular formula is C79H89BrN6O7. The van der Waals surface area contributed by atoms with Crippen molar-refractivity contribution in [1.82, 2.24) is 14.1 Å². The van der Waals surface area contributed by atoms with Crippen molar-refractivity contribution in [2.24, 2.45) is 23.5 Å². The topological polar surface area (TPSA) is 219 Å². The summed E-state index contributed by atoms with van der Waals surface area (Å²) in [6.07, 6.45) is 28.1. The van der Waals surface area contributed by atoms with Crippen molar-refractivity contribution in [1.29, 1.82) is 10.5 Å². The first-order chi connectivity index (χ1) is 45.4. The molecule has 3 unspecified atom stereocenters. The molecule has 484 valence electrons. The molecule has 14 heteroatoms. The number of hydrogen-bond acceptors (Lipinski definition) is 9. The third kappa shape index (κ3) is 21.0. The van der Waals surface area contributed by atoms with Gasteiger partial charge in [-0.2, -0.15) is 39.3 Å². The Labute approximate surface area is 556 Å². The maximum absolute atomic E-state index is 11.6. The Hall–Kier alpha value is -8.99. The van der Waals surface area contributed by atoms with Gasteiger partial charge < -0.3 is 19.9 Å². The number of carbonyl (C=O) groups is 1. The van der Waals surface area contributed by atoms with Crippen LogP contribution >= 0.6 is 15.9 Å². The van der Waals surface area contributed by atoms with Gasteiger partial charge in [0, 0.05) is 73.8 Å². The molecule has 3 heterocycles. The third-order valence-electron chi connectivity index (χ3n) is 18.3. The van der Waals surface area contributed by atoms with Gasteiger partial charge in [-0.25, -0.2) is 0 Å². The van der Waals surface area contributed by atoms with Gasteiger partial charge in [0.1, 0.15) is 0 Å². The number of aromatic nitrogens is 3. The van der Waals surface area contributed by atoms with Crippen LogP contribution in [0.5, 0.6) is 0 Å². The number of benzene rings is 6. The minimum absolute atomic E-state index is 0.250. The number of unbranched alkanes of at least 4 members (excludes halogenated alkanes) is 3. The smallest absolute Gasteiger partial charge is 0.366 e. The van der Waals surface area contributed by atoms with Crippen LogP contribution in [0.2, 0.25) is 0 Å². The van der Waals surface area contributed by atoms with Gasteiger partial charge in [0.2, 0.25) is 5.91 Å². The Bertz CT molecular complexity index is 4020. The van der Waals surface area contributed by atoms with Crippen LogP contribution < -0.4 is 5.73 Å². The SMILES string of the molecule is CCCCC1CCCc2c([nH]c3c(C)cccc23)C1.CCCCC1CCCc2c(n(Cc3cccc(C#N)c3)c3ccccc23)C1.CCCCC1CCCc2c(n(Cc3cccc(C(N)=O)c3)c3ccccc23)C1.N#Cc1cccc(CBr)c1.O=C=O.O=C=O.O=C=O. The maximum atomic E-state index is 11.6. The molecule has 0 fully saturated rings. The van der Waals surface area contributed by atoms with E-state index in [-0.39, 0.29) is 24.4 Å². The highest BCUT2D eigenvalue weighted by atomic mass is 79.9. The van der Waals surface area contributed by atoms with Gasteiger partial charge in [0.05, 0.1) is 23.3 Å². The number of alkyl halides is 1. The number of halogens is 1. The number of amides is 1. The zero-order chi connectivity index (χ0) is 66.9. The van der Waals surface area contributed by atoms with Gasteiger partial charge in [-0.1, -0.05) is 185 Å². The highest BCUT2D eigenvalue weighted by Crippen LogP contribution is 2.38. The van der Waals surface area contributed by atoms with E-state index in [1.165, 1.54) is 196 Å². The Morgan fingerprint density at radius 3 is 1.40 bits per heavy atom. The molecule has 3 N–H and O–H groups in total. The predicted molar refractivity (Wildman–Crippen MR) is 369 cm³/mol. The number of carbonyl (C=O) groups excluding carboxylic acids is 7. The molecule has 3 aliphatic carbocycles. The molecule has 9 aromatic rings. The summed E-state index contributed by atoms with van der Waals surface area (Å²) >= 11 is 3.31. The average molecular weight is 1310 g/mol. The molecule has 6 aromatic carbocycles. The second kappa shape index (κ2) is 39.4. The van der Waals surface area contributed by atoms with Crippen molar-refractivity contribution >= 4 is 73.0 Å². The Morgan fingerprint density at radius 2 is 0.935 bits per heavy atom. The number of para-hydroxylation sites is 3. The number of primary amides is 1. The molecule has 0 saturated heterocycles. The van der Waals surface area contributed by atoms with E-state index in [9.17, 15) is 10.1 Å². The van der Waals surface area contributed by atoms with E-state index in [4.69, 9.17) is 39.8 Å². The molecule has 12 rings (SSSR count). The molecule has 3 atom stereocenters. The first-order valence-electron chi connectivity index (χ1n) is 33.0. The van der Waals surface area contributed by atoms with Gasteiger partial charge >= 0.3 is 18.5 Å². The minimum Gasteiger partial charge on any atom is -0.366 e. The van der Waals surface area contributed by atoms with E-state index >= 15 is 0 Å². The normalized spacial score (nSPS) is 15.0. The second-order valence-electron chi connectivity index (χ2n) is 24.5. The first kappa shape index (κ1) is 73.1. The van der Waals surface area contributed by atoms with E-state index < -0.39 is 0 Å². The lowest BCUT2D eigenvalue weighted by atomic mass is 9.94. The maximum Gasteiger partial charge on any atom is 0.373 e. The number of aromatic amines is 1. The van der Waals surface area contributed by atoms with Crippen LogP contribution in [0.1, 0.15) is 195 Å². The zero-order valence-corrected chi connectivity index (χ0v) is 56.2. The molecule has 1 amide bonds. The number of nitrogens with two attached hydrogens (primary N) is 1. The van der Waals surface area contributed by atoms with Crippen LogP contribution in [-0.2, 0) is 85.7 Å². The zero-order valence-electron chi connectivity index (χ0n) is 54.6. The van der Waals surface area contributed by atoms with Gasteiger partial charge in [-0.15, -0.1) is 0 Å². The number of hydrogen-bond donors (Lipinski definition) is 2. The van der Waals surface area contributed by atoms with Crippen LogP contribution in [0, 0.1) is 47.3 Å². The lowest BCUT2D eigenvalue weighted by Gasteiger charge is -2.17. The average Bonchev–Trinajstić information content (AvgIpc) is 1.63. The quantitative estimate of drug-likeness (QED) is 0.0735. The Morgan fingerprint density at radius 1 is 0.527 bits per heavy atom. The summed E-state index contributed by atoms with van der Waals surface area (Å²) < 4.78 is 5.03. The highest BCUT2D eigenvalue weighted by molar-refractivity contribution is 9.08. The monoisotopic (exact) mass is 1310 g/mol. The second-order valence-corrected chi connectivity index (χ2v) is 25.1. The lowest BCUT2D eigenvalue weighted by Crippen LogP contribution is -2.13. The van der Waals surface area contributed by atoms with E-state index in [0.29, 0.717) is 5.56 Å². The van der Waals surface area contributed by atoms with Gasteiger partial charge in [-0.05, 0) is 189 Å². The number of H-pyrrole nitrogens is 1. The van der Waals surface area contributed by atoms with Crippen LogP contribution in [0.25, 0.3) is 32.7 Å². The number of nitrogens with zero attached hydrogens (tertiary/aromatic N) is 4. The largest absolute Gasteiger partial charge is 0.373 e. The number of aryl methyl sites for hydroxylation is 4. The van der Waals surface area contributed by atoms with E-state index in [1.54, 1.807) is 28.8 Å². The van der Waals surface area contributed by atoms with E-state index in [1.807, 2.05) is 48.5 Å². The van der Waals surface area contributed by atoms with Crippen LogP contribution in [-0.4, -0.2) is 38.5 Å². The number of nitrogens with one attached hydrogen (secondary N) is 1. The predicted octanol–water partition coefficient (Wildman–Crippen LogP) is 17.6. The van der Waals surface area contributed by atoms with Crippen LogP contribution in [0.15, 0.2) is 140 Å². The summed E-state index contributed by atoms with van der Waals surface area (Å²) in [4.78, 5) is 64.1. The fourth-order valence-corrected chi connectivity index (χ4v) is 14.2. The summed E-state index contributed by atoms with van der Waals surface area (Å²) in [5.74, 6) is 2.12. The summed E-state index contributed by atoms with van der Waals surface area (Å²) in [7, 11) is 0. The fourth-order valence-electron chi connectivity index (χ4n) is 13.9. The van der Waals surface area contributed by atoms with Crippen molar-refractivity contribution in [3.05, 3.63) is 212 Å². The van der Waals surface area contributed by atoms with E-state index in [0.717, 1.165) is 58.4 Å². The first-order valence-corrected chi connectivity index (χ1v) is 34.2. The van der Waals surface area contributed by atoms with Gasteiger partial charge in [0.25, 0.3) is 0 Å². The molecule has 0 radical (unpaired) electrons. The van der Waals surface area contributed by atoms with Crippen molar-refractivity contribution in [3.63, 3.8) is 0 Å². The summed E-state index contributed by atoms with van der Waals surface area (Å²) in [5, 5.41) is 22.9. The molecule has 0 aliphatic heterocycles. The Kier molecular flexibility index (Phi) is 31.0. The van der Waals surface area contributed by atoms with Crippen LogP contribution in [0.4, 0.5) is 0 Å². The highest BCUT2D eigenvalue weighted by Gasteiger charge is 2.26. The standard InChI is InChI=1S/C25H30N2O.C25H28N2.C18H25N.C8H6BrN.3CO2/c1-2-3-8-18-9-7-13-22-21-12-4-5-14-23(21)27(24(22)16-18)17-19-10-6-11-20(15-19)25(26)28;1-2-3-8-19-9-7-13-23-22-12-4-5-14-24(22)27(25(23)16-19)18-21-11-6-10-20(15-21)17-26;1-3-4-8-14-9-6-10-15-16-11-5-7-13(2)18(16)19-17(15)12-14;9-5-7-2-1-3-8(4-7)6-10;3*2-1-3/h4-6,10-12,14-15,18H,2-3,7-9,13,16-17H2,1H3,(H2,26,28);4-6,10-12,14-15,19H,2-3,7-9,13,16,18H2,1H3;5,7,11,14,19H,3-4,6,8-10,12H2,1-2H3;1-4H,5H2;;;. The molecule has 3 aromatic heterocycles. The number of nitriles is 2. The fraction of sp³-hybridized carbons (Fsp3) is 0.392. The van der Waals surface area contributed by atoms with Crippen molar-refractivity contribution in [2.45, 2.75) is 181 Å². The van der Waals surface area contributed by atoms with Crippen molar-refractivity contribution in [3.8, 4) is 12.1 Å². The molecule has 0 bridgehead atoms. The van der Waals surface area contributed by atoms with Gasteiger partial charge in [0.15, 0.2) is 0 Å². The van der Waals surface area contributed by atoms with Crippen molar-refractivity contribution < 1.29 is 33.6 Å². The number of fused-ring (bicyclic) bond motifs is 9. The number of rotatable bonds is 15. The summed E-state index contributed by atoms with van der Waals surface area (Å²) in [6.45, 7) is 10.7. The summed E-state index contributed by atoms with van der Waals surface area (Å²) in [5.41, 5.74) is 25.8. The third-order valence-corrected chi connectivity index (χ3v) is 18.9. The molecule has 93 heavy (non-hydrogen) atoms. The molecule has 13 nitrogen and oxygen atoms in total. The molecular weight excluding hydrogens is 1220 g/mol. The van der Waals surface area contributed by atoms with Gasteiger partial charge in [-0.3, -0.25) is 4.79 Å². The Balaban J connectivity index is 0.000000196. The lowest BCUT2D eigenvalue weighted by molar-refractivity contribution is -0.193. The summed E-state index contributed by atoms with van der Waals surface area (Å²) in [6, 6.07) is 52.1. The van der Waals surface area contributed by atoms with Crippen molar-refractivity contribution in [2.75, 3.05) is 0 Å². The van der Waals surface area contributed by atoms with Crippen LogP contribution in [0.3, 0.4) is 0 Å². The van der Waals surface area contributed by atoms with E-state index in [2.05, 4.69) is 149 Å². The molecule has 0 spiro atoms. The minimum atomic E-state index is -0.363. The molecule has 3 aliphatic rings. The molecule has 0 saturated carbocycles.